The molecule has 0 unspecified atom stereocenters. The number of carbonyl (C=O) groups is 1. The fourth-order valence-electron chi connectivity index (χ4n) is 0.860. The molecule has 0 bridgehead atoms. The number of carbonyl (C=O) groups excluding carboxylic acids is 1. The standard InChI is InChI=1S/C11H14BrNO2/c1-11(2,3)15-13-10(14)8-4-6-9(12)7-5-8/h4-7H,1-3H3,(H,13,14). The van der Waals surface area contributed by atoms with Crippen LogP contribution in [0.5, 0.6) is 0 Å². The topological polar surface area (TPSA) is 38.3 Å². The van der Waals surface area contributed by atoms with Gasteiger partial charge in [-0.25, -0.2) is 5.48 Å². The molecule has 0 heterocycles. The summed E-state index contributed by atoms with van der Waals surface area (Å²) < 4.78 is 0.941. The third-order valence-electron chi connectivity index (χ3n) is 1.56. The number of hydroxylamine groups is 1. The normalized spacial score (nSPS) is 11.2. The van der Waals surface area contributed by atoms with Crippen molar-refractivity contribution < 1.29 is 9.63 Å². The maximum Gasteiger partial charge on any atom is 0.274 e. The quantitative estimate of drug-likeness (QED) is 0.841. The van der Waals surface area contributed by atoms with Crippen LogP contribution in [0, 0.1) is 0 Å². The molecule has 1 rings (SSSR count). The minimum Gasteiger partial charge on any atom is -0.268 e. The minimum atomic E-state index is -0.384. The average Bonchev–Trinajstić information content (AvgIpc) is 2.14. The number of rotatable bonds is 2. The van der Waals surface area contributed by atoms with E-state index in [1.165, 1.54) is 0 Å². The summed E-state index contributed by atoms with van der Waals surface area (Å²) in [5.74, 6) is -0.238. The largest absolute Gasteiger partial charge is 0.274 e. The van der Waals surface area contributed by atoms with Crippen molar-refractivity contribution in [1.82, 2.24) is 5.48 Å². The molecule has 0 aliphatic rings. The van der Waals surface area contributed by atoms with Gasteiger partial charge >= 0.3 is 0 Å². The van der Waals surface area contributed by atoms with E-state index in [0.717, 1.165) is 4.47 Å². The smallest absolute Gasteiger partial charge is 0.268 e. The van der Waals surface area contributed by atoms with Crippen LogP contribution in [0.1, 0.15) is 31.1 Å². The van der Waals surface area contributed by atoms with Crippen LogP contribution in [0.15, 0.2) is 28.7 Å². The zero-order chi connectivity index (χ0) is 11.5. The van der Waals surface area contributed by atoms with E-state index < -0.39 is 0 Å². The Morgan fingerprint density at radius 3 is 2.27 bits per heavy atom. The van der Waals surface area contributed by atoms with E-state index in [2.05, 4.69) is 21.4 Å². The lowest BCUT2D eigenvalue weighted by Crippen LogP contribution is -2.33. The molecule has 1 aromatic carbocycles. The third-order valence-corrected chi connectivity index (χ3v) is 2.08. The Kier molecular flexibility index (Phi) is 3.88. The van der Waals surface area contributed by atoms with Gasteiger partial charge in [-0.2, -0.15) is 0 Å². The van der Waals surface area contributed by atoms with Crippen molar-refractivity contribution >= 4 is 21.8 Å². The van der Waals surface area contributed by atoms with E-state index in [9.17, 15) is 4.79 Å². The molecule has 1 amide bonds. The maximum atomic E-state index is 11.6. The fraction of sp³-hybridized carbons (Fsp3) is 0.364. The van der Waals surface area contributed by atoms with Gasteiger partial charge in [-0.1, -0.05) is 15.9 Å². The lowest BCUT2D eigenvalue weighted by atomic mass is 10.2. The first-order valence-electron chi connectivity index (χ1n) is 4.62. The molecule has 1 aromatic rings. The molecule has 0 aliphatic heterocycles. The number of benzene rings is 1. The van der Waals surface area contributed by atoms with Crippen LogP contribution < -0.4 is 5.48 Å². The number of halogens is 1. The predicted molar refractivity (Wildman–Crippen MR) is 62.4 cm³/mol. The molecule has 0 aliphatic carbocycles. The maximum absolute atomic E-state index is 11.6. The van der Waals surface area contributed by atoms with Gasteiger partial charge in [0.25, 0.3) is 5.91 Å². The summed E-state index contributed by atoms with van der Waals surface area (Å²) in [6, 6.07) is 7.08. The van der Waals surface area contributed by atoms with Gasteiger partial charge in [0.15, 0.2) is 0 Å². The highest BCUT2D eigenvalue weighted by molar-refractivity contribution is 9.10. The highest BCUT2D eigenvalue weighted by Crippen LogP contribution is 2.11. The molecule has 15 heavy (non-hydrogen) atoms. The Morgan fingerprint density at radius 1 is 1.27 bits per heavy atom. The van der Waals surface area contributed by atoms with Crippen LogP contribution in [0.25, 0.3) is 0 Å². The molecule has 4 heteroatoms. The number of nitrogens with one attached hydrogen (secondary N) is 1. The van der Waals surface area contributed by atoms with E-state index >= 15 is 0 Å². The first-order valence-corrected chi connectivity index (χ1v) is 5.42. The van der Waals surface area contributed by atoms with Gasteiger partial charge in [0.05, 0.1) is 5.60 Å². The van der Waals surface area contributed by atoms with Crippen LogP contribution in [0.3, 0.4) is 0 Å². The lowest BCUT2D eigenvalue weighted by molar-refractivity contribution is -0.0589. The molecule has 0 aromatic heterocycles. The summed E-state index contributed by atoms with van der Waals surface area (Å²) >= 11 is 3.30. The Balaban J connectivity index is 2.58. The summed E-state index contributed by atoms with van der Waals surface area (Å²) in [6.07, 6.45) is 0. The SMILES string of the molecule is CC(C)(C)ONC(=O)c1ccc(Br)cc1. The van der Waals surface area contributed by atoms with E-state index in [1.807, 2.05) is 32.9 Å². The Hall–Kier alpha value is -0.870. The van der Waals surface area contributed by atoms with Gasteiger partial charge in [-0.3, -0.25) is 9.63 Å². The van der Waals surface area contributed by atoms with Crippen LogP contribution in [0.2, 0.25) is 0 Å². The molecule has 0 atom stereocenters. The minimum absolute atomic E-state index is 0.238. The van der Waals surface area contributed by atoms with E-state index in [0.29, 0.717) is 5.56 Å². The monoisotopic (exact) mass is 271 g/mol. The van der Waals surface area contributed by atoms with E-state index in [-0.39, 0.29) is 11.5 Å². The van der Waals surface area contributed by atoms with Crippen molar-refractivity contribution in [2.45, 2.75) is 26.4 Å². The van der Waals surface area contributed by atoms with Gasteiger partial charge in [0, 0.05) is 10.0 Å². The summed E-state index contributed by atoms with van der Waals surface area (Å²) in [7, 11) is 0. The fourth-order valence-corrected chi connectivity index (χ4v) is 1.12. The molecule has 82 valence electrons. The second-order valence-electron chi connectivity index (χ2n) is 4.15. The summed E-state index contributed by atoms with van der Waals surface area (Å²) in [4.78, 5) is 16.7. The highest BCUT2D eigenvalue weighted by Gasteiger charge is 2.13. The van der Waals surface area contributed by atoms with Gasteiger partial charge in [0.2, 0.25) is 0 Å². The molecule has 0 saturated carbocycles. The van der Waals surface area contributed by atoms with E-state index in [1.54, 1.807) is 12.1 Å². The molecular weight excluding hydrogens is 258 g/mol. The van der Waals surface area contributed by atoms with Gasteiger partial charge in [0.1, 0.15) is 0 Å². The number of amides is 1. The zero-order valence-electron chi connectivity index (χ0n) is 9.00. The predicted octanol–water partition coefficient (Wildman–Crippen LogP) is 2.91. The summed E-state index contributed by atoms with van der Waals surface area (Å²) in [5, 5.41) is 0. The number of hydrogen-bond donors (Lipinski definition) is 1. The average molecular weight is 272 g/mol. The Morgan fingerprint density at radius 2 is 1.80 bits per heavy atom. The lowest BCUT2D eigenvalue weighted by Gasteiger charge is -2.18. The molecule has 1 N–H and O–H groups in total. The summed E-state index contributed by atoms with van der Waals surface area (Å²) in [6.45, 7) is 5.61. The molecule has 3 nitrogen and oxygen atoms in total. The van der Waals surface area contributed by atoms with Crippen molar-refractivity contribution in [2.75, 3.05) is 0 Å². The van der Waals surface area contributed by atoms with Crippen molar-refractivity contribution in [3.8, 4) is 0 Å². The van der Waals surface area contributed by atoms with Crippen molar-refractivity contribution in [2.24, 2.45) is 0 Å². The van der Waals surface area contributed by atoms with Crippen LogP contribution in [0.4, 0.5) is 0 Å². The second kappa shape index (κ2) is 4.77. The molecular formula is C11H14BrNO2. The van der Waals surface area contributed by atoms with Crippen LogP contribution in [-0.4, -0.2) is 11.5 Å². The Labute approximate surface area is 97.9 Å². The first-order chi connectivity index (χ1) is 6.88. The Bertz CT molecular complexity index is 341. The van der Waals surface area contributed by atoms with Gasteiger partial charge in [-0.15, -0.1) is 0 Å². The van der Waals surface area contributed by atoms with Crippen LogP contribution >= 0.6 is 15.9 Å². The van der Waals surface area contributed by atoms with Crippen molar-refractivity contribution in [3.05, 3.63) is 34.3 Å². The molecule has 0 fully saturated rings. The van der Waals surface area contributed by atoms with Crippen molar-refractivity contribution in [3.63, 3.8) is 0 Å². The molecule has 0 saturated heterocycles. The zero-order valence-corrected chi connectivity index (χ0v) is 10.6. The first kappa shape index (κ1) is 12.2. The molecule has 0 spiro atoms. The summed E-state index contributed by atoms with van der Waals surface area (Å²) in [5.41, 5.74) is 2.59. The third kappa shape index (κ3) is 4.44. The van der Waals surface area contributed by atoms with Gasteiger partial charge < -0.3 is 0 Å². The second-order valence-corrected chi connectivity index (χ2v) is 5.07. The van der Waals surface area contributed by atoms with Crippen molar-refractivity contribution in [1.29, 1.82) is 0 Å². The number of hydrogen-bond acceptors (Lipinski definition) is 2. The molecule has 0 radical (unpaired) electrons. The van der Waals surface area contributed by atoms with Crippen LogP contribution in [-0.2, 0) is 4.84 Å². The van der Waals surface area contributed by atoms with E-state index in [4.69, 9.17) is 4.84 Å². The van der Waals surface area contributed by atoms with Gasteiger partial charge in [-0.05, 0) is 45.0 Å². The highest BCUT2D eigenvalue weighted by atomic mass is 79.9.